The van der Waals surface area contributed by atoms with Crippen LogP contribution in [-0.2, 0) is 0 Å². The number of amidine groups is 2. The number of rotatable bonds is 8. The van der Waals surface area contributed by atoms with Crippen molar-refractivity contribution in [2.45, 2.75) is 82.7 Å². The smallest absolute Gasteiger partial charge is 0.315 e. The Bertz CT molecular complexity index is 693. The predicted molar refractivity (Wildman–Crippen MR) is 139 cm³/mol. The Morgan fingerprint density at radius 2 is 1.11 bits per heavy atom. The van der Waals surface area contributed by atoms with Crippen LogP contribution in [0.2, 0.25) is 0 Å². The van der Waals surface area contributed by atoms with Crippen LogP contribution >= 0.6 is 0 Å². The average Bonchev–Trinajstić information content (AvgIpc) is 2.90. The van der Waals surface area contributed by atoms with Gasteiger partial charge in [-0.1, -0.05) is 0 Å². The molecule has 2 aliphatic carbocycles. The number of hydrogen-bond donors (Lipinski definition) is 6. The van der Waals surface area contributed by atoms with Crippen molar-refractivity contribution in [1.82, 2.24) is 31.9 Å². The van der Waals surface area contributed by atoms with Crippen LogP contribution in [0.5, 0.6) is 0 Å². The van der Waals surface area contributed by atoms with Crippen LogP contribution in [0.25, 0.3) is 0 Å². The Kier molecular flexibility index (Phi) is 9.89. The Labute approximate surface area is 209 Å². The summed E-state index contributed by atoms with van der Waals surface area (Å²) in [7, 11) is 0. The second kappa shape index (κ2) is 13.5. The molecule has 0 atom stereocenters. The van der Waals surface area contributed by atoms with Crippen molar-refractivity contribution in [2.24, 2.45) is 21.8 Å². The van der Waals surface area contributed by atoms with Crippen LogP contribution in [-0.4, -0.2) is 75.1 Å². The van der Waals surface area contributed by atoms with Crippen molar-refractivity contribution in [3.05, 3.63) is 0 Å². The first-order valence-corrected chi connectivity index (χ1v) is 13.8. The van der Waals surface area contributed by atoms with E-state index >= 15 is 0 Å². The summed E-state index contributed by atoms with van der Waals surface area (Å²) in [6.07, 6.45) is 11.2. The van der Waals surface area contributed by atoms with Gasteiger partial charge in [0.15, 0.2) is 0 Å². The van der Waals surface area contributed by atoms with E-state index < -0.39 is 0 Å². The summed E-state index contributed by atoms with van der Waals surface area (Å²) in [5, 5.41) is 18.9. The topological polar surface area (TPSA) is 131 Å². The molecule has 10 nitrogen and oxygen atoms in total. The van der Waals surface area contributed by atoms with Crippen molar-refractivity contribution < 1.29 is 9.59 Å². The van der Waals surface area contributed by atoms with Gasteiger partial charge in [-0.15, -0.1) is 0 Å². The lowest BCUT2D eigenvalue weighted by Gasteiger charge is -2.31. The second-order valence-corrected chi connectivity index (χ2v) is 10.3. The predicted octanol–water partition coefficient (Wildman–Crippen LogP) is 1.88. The molecule has 4 rings (SSSR count). The number of nitrogens with zero attached hydrogens (tertiary/aromatic N) is 2. The fourth-order valence-corrected chi connectivity index (χ4v) is 5.64. The van der Waals surface area contributed by atoms with Gasteiger partial charge in [0.25, 0.3) is 0 Å². The van der Waals surface area contributed by atoms with Crippen LogP contribution in [0, 0.1) is 11.8 Å². The standard InChI is InChI=1S/C25H44N8O2/c34-24(32-20-8-4-18(5-9-20)22-26-12-1-13-27-22)30-16-3-17-31-25(35)33-21-10-6-19(7-11-21)23-28-14-2-15-29-23/h18-21H,1-17H2,(H,26,27)(H,28,29)(H2,30,32,34)(H2,31,33,35). The van der Waals surface area contributed by atoms with Crippen LogP contribution in [0.3, 0.4) is 0 Å². The molecular weight excluding hydrogens is 444 g/mol. The number of carbonyl (C=O) groups is 2. The molecule has 4 amide bonds. The van der Waals surface area contributed by atoms with Gasteiger partial charge < -0.3 is 31.9 Å². The molecule has 0 radical (unpaired) electrons. The van der Waals surface area contributed by atoms with E-state index in [1.54, 1.807) is 0 Å². The fourth-order valence-electron chi connectivity index (χ4n) is 5.64. The summed E-state index contributed by atoms with van der Waals surface area (Å²) in [5.41, 5.74) is 0. The highest BCUT2D eigenvalue weighted by atomic mass is 16.2. The first-order valence-electron chi connectivity index (χ1n) is 13.8. The molecule has 0 saturated heterocycles. The third-order valence-corrected chi connectivity index (χ3v) is 7.67. The zero-order valence-corrected chi connectivity index (χ0v) is 21.0. The molecule has 0 unspecified atom stereocenters. The minimum absolute atomic E-state index is 0.111. The van der Waals surface area contributed by atoms with Gasteiger partial charge in [-0.3, -0.25) is 9.98 Å². The summed E-state index contributed by atoms with van der Waals surface area (Å²) in [5.74, 6) is 3.39. The summed E-state index contributed by atoms with van der Waals surface area (Å²) in [6.45, 7) is 5.03. The minimum atomic E-state index is -0.111. The monoisotopic (exact) mass is 488 g/mol. The molecule has 0 aromatic heterocycles. The molecule has 0 bridgehead atoms. The lowest BCUT2D eigenvalue weighted by molar-refractivity contribution is 0.229. The summed E-state index contributed by atoms with van der Waals surface area (Å²) in [4.78, 5) is 33.7. The molecular formula is C25H44N8O2. The van der Waals surface area contributed by atoms with E-state index in [1.165, 1.54) is 11.7 Å². The van der Waals surface area contributed by atoms with Gasteiger partial charge >= 0.3 is 12.1 Å². The largest absolute Gasteiger partial charge is 0.374 e. The molecule has 2 saturated carbocycles. The van der Waals surface area contributed by atoms with Crippen molar-refractivity contribution in [1.29, 1.82) is 0 Å². The molecule has 2 fully saturated rings. The van der Waals surface area contributed by atoms with E-state index in [4.69, 9.17) is 0 Å². The van der Waals surface area contributed by atoms with E-state index in [-0.39, 0.29) is 24.1 Å². The summed E-state index contributed by atoms with van der Waals surface area (Å²) < 4.78 is 0. The summed E-state index contributed by atoms with van der Waals surface area (Å²) >= 11 is 0. The molecule has 6 N–H and O–H groups in total. The van der Waals surface area contributed by atoms with Gasteiger partial charge in [-0.2, -0.15) is 0 Å². The highest BCUT2D eigenvalue weighted by molar-refractivity contribution is 5.85. The molecule has 0 aromatic rings. The SMILES string of the molecule is O=C(NCCCNC(=O)NC1CCC(C2=NCCCN2)CC1)NC1CCC(C2=NCCCN2)CC1. The molecule has 10 heteroatoms. The van der Waals surface area contributed by atoms with E-state index in [9.17, 15) is 9.59 Å². The quantitative estimate of drug-likeness (QED) is 0.291. The molecule has 2 aliphatic heterocycles. The second-order valence-electron chi connectivity index (χ2n) is 10.3. The van der Waals surface area contributed by atoms with Crippen LogP contribution in [0.4, 0.5) is 9.59 Å². The lowest BCUT2D eigenvalue weighted by atomic mass is 9.85. The zero-order chi connectivity index (χ0) is 24.3. The maximum atomic E-state index is 12.2. The number of amides is 4. The Balaban J connectivity index is 1.00. The Hall–Kier alpha value is -2.52. The summed E-state index contributed by atoms with van der Waals surface area (Å²) in [6, 6.07) is 0.241. The number of carbonyl (C=O) groups excluding carboxylic acids is 2. The third-order valence-electron chi connectivity index (χ3n) is 7.67. The molecule has 196 valence electrons. The van der Waals surface area contributed by atoms with E-state index in [0.717, 1.165) is 90.4 Å². The Morgan fingerprint density at radius 1 is 0.686 bits per heavy atom. The first kappa shape index (κ1) is 25.6. The van der Waals surface area contributed by atoms with Crippen molar-refractivity contribution >= 4 is 23.7 Å². The van der Waals surface area contributed by atoms with E-state index in [0.29, 0.717) is 31.3 Å². The molecule has 35 heavy (non-hydrogen) atoms. The molecule has 2 heterocycles. The average molecular weight is 489 g/mol. The maximum Gasteiger partial charge on any atom is 0.315 e. The maximum absolute atomic E-state index is 12.2. The zero-order valence-electron chi connectivity index (χ0n) is 21.0. The van der Waals surface area contributed by atoms with Gasteiger partial charge in [0.1, 0.15) is 0 Å². The van der Waals surface area contributed by atoms with Crippen molar-refractivity contribution in [3.8, 4) is 0 Å². The van der Waals surface area contributed by atoms with Gasteiger partial charge in [-0.25, -0.2) is 9.59 Å². The third kappa shape index (κ3) is 8.28. The first-order chi connectivity index (χ1) is 17.2. The Morgan fingerprint density at radius 3 is 1.49 bits per heavy atom. The highest BCUT2D eigenvalue weighted by Gasteiger charge is 2.27. The molecule has 0 aromatic carbocycles. The van der Waals surface area contributed by atoms with Gasteiger partial charge in [0.05, 0.1) is 11.7 Å². The molecule has 0 spiro atoms. The van der Waals surface area contributed by atoms with Gasteiger partial charge in [0.2, 0.25) is 0 Å². The van der Waals surface area contributed by atoms with Crippen LogP contribution in [0.1, 0.15) is 70.6 Å². The van der Waals surface area contributed by atoms with E-state index in [2.05, 4.69) is 41.9 Å². The fraction of sp³-hybridized carbons (Fsp3) is 0.840. The van der Waals surface area contributed by atoms with Gasteiger partial charge in [0, 0.05) is 63.2 Å². The number of aliphatic imine (C=N–C) groups is 2. The number of nitrogens with one attached hydrogen (secondary N) is 6. The van der Waals surface area contributed by atoms with Crippen molar-refractivity contribution in [2.75, 3.05) is 39.3 Å². The van der Waals surface area contributed by atoms with E-state index in [1.807, 2.05) is 0 Å². The van der Waals surface area contributed by atoms with Crippen LogP contribution in [0.15, 0.2) is 9.98 Å². The minimum Gasteiger partial charge on any atom is -0.374 e. The number of urea groups is 2. The van der Waals surface area contributed by atoms with Crippen molar-refractivity contribution in [3.63, 3.8) is 0 Å². The highest BCUT2D eigenvalue weighted by Crippen LogP contribution is 2.26. The number of hydrogen-bond acceptors (Lipinski definition) is 6. The normalized spacial score (nSPS) is 28.9. The van der Waals surface area contributed by atoms with Gasteiger partial charge in [-0.05, 0) is 70.6 Å². The van der Waals surface area contributed by atoms with Crippen LogP contribution < -0.4 is 31.9 Å². The molecule has 4 aliphatic rings. The lowest BCUT2D eigenvalue weighted by Crippen LogP contribution is -2.47.